The molecule has 3 nitrogen and oxygen atoms in total. The zero-order valence-electron chi connectivity index (χ0n) is 8.32. The number of rotatable bonds is 2. The maximum atomic E-state index is 13.4. The lowest BCUT2D eigenvalue weighted by Gasteiger charge is -2.10. The van der Waals surface area contributed by atoms with Crippen LogP contribution in [0.2, 0.25) is 0 Å². The first-order chi connectivity index (χ1) is 7.61. The zero-order chi connectivity index (χ0) is 11.7. The first-order valence-corrected chi connectivity index (χ1v) is 5.29. The molecule has 0 aliphatic carbocycles. The second kappa shape index (κ2) is 4.23. The molecule has 0 spiro atoms. The average molecular weight is 242 g/mol. The monoisotopic (exact) mass is 242 g/mol. The van der Waals surface area contributed by atoms with Crippen molar-refractivity contribution >= 4 is 11.5 Å². The predicted octanol–water partition coefficient (Wildman–Crippen LogP) is 2.21. The van der Waals surface area contributed by atoms with E-state index in [-0.39, 0.29) is 5.56 Å². The van der Waals surface area contributed by atoms with Crippen LogP contribution >= 0.6 is 11.5 Å². The van der Waals surface area contributed by atoms with Gasteiger partial charge in [-0.1, -0.05) is 16.6 Å². The highest BCUT2D eigenvalue weighted by molar-refractivity contribution is 7.05. The minimum Gasteiger partial charge on any atom is -0.383 e. The Morgan fingerprint density at radius 2 is 2.12 bits per heavy atom. The predicted molar refractivity (Wildman–Crippen MR) is 55.1 cm³/mol. The van der Waals surface area contributed by atoms with Gasteiger partial charge in [-0.3, -0.25) is 0 Å². The van der Waals surface area contributed by atoms with Crippen molar-refractivity contribution in [2.24, 2.45) is 0 Å². The first-order valence-electron chi connectivity index (χ1n) is 4.52. The fourth-order valence-electron chi connectivity index (χ4n) is 1.36. The summed E-state index contributed by atoms with van der Waals surface area (Å²) in [7, 11) is 0. The molecule has 2 rings (SSSR count). The number of benzene rings is 1. The Hall–Kier alpha value is -1.40. The van der Waals surface area contributed by atoms with Gasteiger partial charge in [0.15, 0.2) is 11.6 Å². The number of hydrogen-bond donors (Lipinski definition) is 1. The van der Waals surface area contributed by atoms with Crippen LogP contribution in [0, 0.1) is 18.6 Å². The van der Waals surface area contributed by atoms with Crippen molar-refractivity contribution in [1.29, 1.82) is 0 Å². The first kappa shape index (κ1) is 11.1. The second-order valence-electron chi connectivity index (χ2n) is 3.27. The van der Waals surface area contributed by atoms with Crippen LogP contribution in [0.5, 0.6) is 0 Å². The molecule has 0 aliphatic rings. The Bertz CT molecular complexity index is 515. The highest BCUT2D eigenvalue weighted by atomic mass is 32.1. The largest absolute Gasteiger partial charge is 0.383 e. The summed E-state index contributed by atoms with van der Waals surface area (Å²) in [6.45, 7) is 1.65. The SMILES string of the molecule is Cc1nnsc1C(O)c1cccc(F)c1F. The van der Waals surface area contributed by atoms with Gasteiger partial charge >= 0.3 is 0 Å². The fraction of sp³-hybridized carbons (Fsp3) is 0.200. The van der Waals surface area contributed by atoms with Gasteiger partial charge < -0.3 is 5.11 Å². The number of halogens is 2. The van der Waals surface area contributed by atoms with Crippen LogP contribution in [0.25, 0.3) is 0 Å². The lowest BCUT2D eigenvalue weighted by molar-refractivity contribution is 0.216. The Kier molecular flexibility index (Phi) is 2.93. The van der Waals surface area contributed by atoms with E-state index in [1.54, 1.807) is 6.92 Å². The summed E-state index contributed by atoms with van der Waals surface area (Å²) in [5.74, 6) is -2.02. The molecular weight excluding hydrogens is 234 g/mol. The molecule has 2 aromatic rings. The number of aliphatic hydroxyl groups excluding tert-OH is 1. The molecular formula is C10H8F2N2OS. The van der Waals surface area contributed by atoms with Crippen molar-refractivity contribution < 1.29 is 13.9 Å². The maximum Gasteiger partial charge on any atom is 0.164 e. The van der Waals surface area contributed by atoms with Crippen LogP contribution in [0.3, 0.4) is 0 Å². The zero-order valence-corrected chi connectivity index (χ0v) is 9.13. The Morgan fingerprint density at radius 3 is 2.75 bits per heavy atom. The number of aryl methyl sites for hydroxylation is 1. The second-order valence-corrected chi connectivity index (χ2v) is 4.05. The third-order valence-electron chi connectivity index (χ3n) is 2.21. The normalized spacial score (nSPS) is 12.8. The molecule has 1 heterocycles. The topological polar surface area (TPSA) is 46.0 Å². The molecule has 0 saturated carbocycles. The van der Waals surface area contributed by atoms with E-state index in [0.29, 0.717) is 10.6 Å². The Labute approximate surface area is 94.5 Å². The van der Waals surface area contributed by atoms with E-state index in [0.717, 1.165) is 17.6 Å². The van der Waals surface area contributed by atoms with Gasteiger partial charge in [0.2, 0.25) is 0 Å². The molecule has 0 saturated heterocycles. The minimum atomic E-state index is -1.23. The van der Waals surface area contributed by atoms with Crippen molar-refractivity contribution in [2.75, 3.05) is 0 Å². The minimum absolute atomic E-state index is 0.103. The summed E-state index contributed by atoms with van der Waals surface area (Å²) in [4.78, 5) is 0.421. The summed E-state index contributed by atoms with van der Waals surface area (Å²) in [5.41, 5.74) is 0.412. The summed E-state index contributed by atoms with van der Waals surface area (Å²) in [6, 6.07) is 3.69. The van der Waals surface area contributed by atoms with Gasteiger partial charge in [0.1, 0.15) is 6.10 Å². The van der Waals surface area contributed by atoms with Gasteiger partial charge in [-0.25, -0.2) is 8.78 Å². The van der Waals surface area contributed by atoms with E-state index < -0.39 is 17.7 Å². The van der Waals surface area contributed by atoms with E-state index in [2.05, 4.69) is 9.59 Å². The average Bonchev–Trinajstić information content (AvgIpc) is 2.68. The van der Waals surface area contributed by atoms with E-state index >= 15 is 0 Å². The Balaban J connectivity index is 2.46. The van der Waals surface area contributed by atoms with Gasteiger partial charge in [-0.05, 0) is 24.5 Å². The van der Waals surface area contributed by atoms with Crippen molar-refractivity contribution in [2.45, 2.75) is 13.0 Å². The molecule has 1 aromatic heterocycles. The molecule has 1 aromatic carbocycles. The lowest BCUT2D eigenvalue weighted by Crippen LogP contribution is -2.03. The van der Waals surface area contributed by atoms with Crippen LogP contribution in [0.1, 0.15) is 22.2 Å². The fourth-order valence-corrected chi connectivity index (χ4v) is 2.01. The lowest BCUT2D eigenvalue weighted by atomic mass is 10.1. The Morgan fingerprint density at radius 1 is 1.38 bits per heavy atom. The number of aliphatic hydroxyl groups is 1. The molecule has 0 fully saturated rings. The van der Waals surface area contributed by atoms with Crippen molar-refractivity contribution in [3.05, 3.63) is 46.0 Å². The van der Waals surface area contributed by atoms with Crippen LogP contribution in [-0.2, 0) is 0 Å². The molecule has 16 heavy (non-hydrogen) atoms. The van der Waals surface area contributed by atoms with Crippen molar-refractivity contribution in [3.8, 4) is 0 Å². The number of nitrogens with zero attached hydrogens (tertiary/aromatic N) is 2. The highest BCUT2D eigenvalue weighted by Gasteiger charge is 2.21. The molecule has 0 amide bonds. The van der Waals surface area contributed by atoms with Gasteiger partial charge in [-0.15, -0.1) is 5.10 Å². The molecule has 0 bridgehead atoms. The van der Waals surface area contributed by atoms with Gasteiger partial charge in [0, 0.05) is 5.56 Å². The quantitative estimate of drug-likeness (QED) is 0.878. The van der Waals surface area contributed by atoms with Crippen LogP contribution in [0.15, 0.2) is 18.2 Å². The maximum absolute atomic E-state index is 13.4. The third kappa shape index (κ3) is 1.81. The molecule has 6 heteroatoms. The molecule has 0 radical (unpaired) electrons. The molecule has 84 valence electrons. The van der Waals surface area contributed by atoms with E-state index in [1.807, 2.05) is 0 Å². The number of hydrogen-bond acceptors (Lipinski definition) is 4. The van der Waals surface area contributed by atoms with Crippen molar-refractivity contribution in [1.82, 2.24) is 9.59 Å². The molecule has 0 aliphatic heterocycles. The molecule has 1 N–H and O–H groups in total. The highest BCUT2D eigenvalue weighted by Crippen LogP contribution is 2.28. The van der Waals surface area contributed by atoms with Crippen molar-refractivity contribution in [3.63, 3.8) is 0 Å². The summed E-state index contributed by atoms with van der Waals surface area (Å²) < 4.78 is 30.0. The van der Waals surface area contributed by atoms with E-state index in [9.17, 15) is 13.9 Å². The smallest absolute Gasteiger partial charge is 0.164 e. The third-order valence-corrected chi connectivity index (χ3v) is 3.09. The van der Waals surface area contributed by atoms with E-state index in [4.69, 9.17) is 0 Å². The molecule has 1 unspecified atom stereocenters. The summed E-state index contributed by atoms with van der Waals surface area (Å²) in [5, 5.41) is 13.6. The standard InChI is InChI=1S/C10H8F2N2OS/c1-5-10(16-14-13-5)9(15)6-3-2-4-7(11)8(6)12/h2-4,9,15H,1H3. The van der Waals surface area contributed by atoms with Gasteiger partial charge in [0.25, 0.3) is 0 Å². The van der Waals surface area contributed by atoms with Gasteiger partial charge in [0.05, 0.1) is 10.6 Å². The summed E-state index contributed by atoms with van der Waals surface area (Å²) in [6.07, 6.45) is -1.23. The summed E-state index contributed by atoms with van der Waals surface area (Å²) >= 11 is 0.967. The van der Waals surface area contributed by atoms with Gasteiger partial charge in [-0.2, -0.15) is 0 Å². The van der Waals surface area contributed by atoms with Crippen LogP contribution in [-0.4, -0.2) is 14.7 Å². The van der Waals surface area contributed by atoms with E-state index in [1.165, 1.54) is 12.1 Å². The van der Waals surface area contributed by atoms with Crippen LogP contribution < -0.4 is 0 Å². The van der Waals surface area contributed by atoms with Crippen LogP contribution in [0.4, 0.5) is 8.78 Å². The molecule has 1 atom stereocenters. The number of aromatic nitrogens is 2.